The Morgan fingerprint density at radius 3 is 2.59 bits per heavy atom. The fourth-order valence-electron chi connectivity index (χ4n) is 4.18. The van der Waals surface area contributed by atoms with Gasteiger partial charge in [-0.2, -0.15) is 0 Å². The van der Waals surface area contributed by atoms with Crippen molar-refractivity contribution in [3.63, 3.8) is 0 Å². The number of hydrogen-bond donors (Lipinski definition) is 1. The third kappa shape index (κ3) is 6.15. The van der Waals surface area contributed by atoms with Gasteiger partial charge in [0, 0.05) is 34.9 Å². The van der Waals surface area contributed by atoms with Gasteiger partial charge in [0.05, 0.1) is 12.5 Å². The maximum absolute atomic E-state index is 13.8. The molecule has 8 nitrogen and oxygen atoms in total. The Labute approximate surface area is 220 Å². The molecule has 0 bridgehead atoms. The number of carbonyl (C=O) groups is 1. The number of methoxy groups -OCH3 is 1. The lowest BCUT2D eigenvalue weighted by Crippen LogP contribution is -2.37. The van der Waals surface area contributed by atoms with Crippen LogP contribution in [-0.4, -0.2) is 52.6 Å². The van der Waals surface area contributed by atoms with Crippen molar-refractivity contribution in [2.24, 2.45) is 0 Å². The highest BCUT2D eigenvalue weighted by Gasteiger charge is 2.18. The summed E-state index contributed by atoms with van der Waals surface area (Å²) < 4.78 is 6.74. The molecular weight excluding hydrogens is 490 g/mol. The van der Waals surface area contributed by atoms with Crippen LogP contribution in [0.2, 0.25) is 5.02 Å². The fraction of sp³-hybridized carbons (Fsp3) is 0.286. The van der Waals surface area contributed by atoms with Gasteiger partial charge in [-0.3, -0.25) is 14.2 Å². The molecule has 192 valence electrons. The third-order valence-corrected chi connectivity index (χ3v) is 5.90. The highest BCUT2D eigenvalue weighted by atomic mass is 35.5. The molecule has 0 saturated carbocycles. The molecule has 2 aromatic carbocycles. The zero-order valence-electron chi connectivity index (χ0n) is 21.6. The van der Waals surface area contributed by atoms with Crippen LogP contribution in [0.4, 0.5) is 0 Å². The Bertz CT molecular complexity index is 1510. The molecule has 0 radical (unpaired) electrons. The van der Waals surface area contributed by atoms with Crippen LogP contribution < -0.4 is 15.6 Å². The van der Waals surface area contributed by atoms with E-state index in [0.29, 0.717) is 33.2 Å². The van der Waals surface area contributed by atoms with Crippen LogP contribution in [0.1, 0.15) is 19.4 Å². The Balaban J connectivity index is 1.89. The van der Waals surface area contributed by atoms with E-state index in [9.17, 15) is 9.59 Å². The van der Waals surface area contributed by atoms with Crippen LogP contribution >= 0.6 is 11.6 Å². The summed E-state index contributed by atoms with van der Waals surface area (Å²) in [6.45, 7) is 4.28. The quantitative estimate of drug-likeness (QED) is 0.372. The molecule has 0 aliphatic rings. The lowest BCUT2D eigenvalue weighted by Gasteiger charge is -2.16. The Morgan fingerprint density at radius 1 is 1.11 bits per heavy atom. The van der Waals surface area contributed by atoms with E-state index >= 15 is 0 Å². The number of carbonyl (C=O) groups excluding carboxylic acids is 1. The number of pyridine rings is 1. The number of hydrogen-bond acceptors (Lipinski definition) is 6. The number of amides is 1. The maximum atomic E-state index is 13.8. The minimum absolute atomic E-state index is 0.0654. The van der Waals surface area contributed by atoms with Crippen molar-refractivity contribution in [1.82, 2.24) is 24.8 Å². The van der Waals surface area contributed by atoms with Gasteiger partial charge in [-0.15, -0.1) is 0 Å². The average Bonchev–Trinajstić information content (AvgIpc) is 2.84. The molecule has 37 heavy (non-hydrogen) atoms. The van der Waals surface area contributed by atoms with Crippen LogP contribution in [-0.2, 0) is 17.9 Å². The second-order valence-corrected chi connectivity index (χ2v) is 9.90. The minimum Gasteiger partial charge on any atom is -0.497 e. The molecule has 9 heteroatoms. The van der Waals surface area contributed by atoms with Gasteiger partial charge in [0.15, 0.2) is 5.65 Å². The first-order valence-corrected chi connectivity index (χ1v) is 12.3. The van der Waals surface area contributed by atoms with Gasteiger partial charge in [-0.1, -0.05) is 23.7 Å². The summed E-state index contributed by atoms with van der Waals surface area (Å²) in [4.78, 5) is 37.8. The van der Waals surface area contributed by atoms with Crippen molar-refractivity contribution in [2.45, 2.75) is 33.0 Å². The number of nitrogens with zero attached hydrogens (tertiary/aromatic N) is 4. The average molecular weight is 520 g/mol. The molecule has 0 saturated heterocycles. The van der Waals surface area contributed by atoms with Crippen LogP contribution in [0.15, 0.2) is 59.5 Å². The number of benzene rings is 2. The van der Waals surface area contributed by atoms with Gasteiger partial charge in [0.1, 0.15) is 18.1 Å². The molecule has 1 amide bonds. The topological polar surface area (TPSA) is 89.4 Å². The SMILES string of the molecule is COc1cccc(-c2nc3ncc(-c4cc(Cl)cc(CN(C)C)c4)cc3c(=O)n2CC(=O)NC(C)C)c1. The van der Waals surface area contributed by atoms with Crippen molar-refractivity contribution in [2.75, 3.05) is 21.2 Å². The Hall–Kier alpha value is -3.75. The highest BCUT2D eigenvalue weighted by Crippen LogP contribution is 2.28. The molecule has 2 aromatic heterocycles. The van der Waals surface area contributed by atoms with Gasteiger partial charge in [-0.05, 0) is 75.5 Å². The summed E-state index contributed by atoms with van der Waals surface area (Å²) in [6, 6.07) is 14.7. The van der Waals surface area contributed by atoms with Crippen molar-refractivity contribution < 1.29 is 9.53 Å². The smallest absolute Gasteiger partial charge is 0.263 e. The van der Waals surface area contributed by atoms with E-state index in [1.54, 1.807) is 31.5 Å². The predicted octanol–water partition coefficient (Wildman–Crippen LogP) is 4.37. The summed E-state index contributed by atoms with van der Waals surface area (Å²) in [5.41, 5.74) is 3.21. The minimum atomic E-state index is -0.355. The van der Waals surface area contributed by atoms with E-state index in [1.807, 2.05) is 58.3 Å². The lowest BCUT2D eigenvalue weighted by molar-refractivity contribution is -0.122. The highest BCUT2D eigenvalue weighted by molar-refractivity contribution is 6.31. The second kappa shape index (κ2) is 11.1. The number of halogens is 1. The molecule has 4 rings (SSSR count). The molecule has 0 fully saturated rings. The summed E-state index contributed by atoms with van der Waals surface area (Å²) in [7, 11) is 5.54. The zero-order valence-corrected chi connectivity index (χ0v) is 22.3. The van der Waals surface area contributed by atoms with E-state index in [4.69, 9.17) is 21.3 Å². The normalized spacial score (nSPS) is 11.4. The summed E-state index contributed by atoms with van der Waals surface area (Å²) in [6.07, 6.45) is 1.69. The maximum Gasteiger partial charge on any atom is 0.263 e. The predicted molar refractivity (Wildman–Crippen MR) is 147 cm³/mol. The summed E-state index contributed by atoms with van der Waals surface area (Å²) >= 11 is 6.40. The molecule has 0 aliphatic heterocycles. The molecule has 0 unspecified atom stereocenters. The van der Waals surface area contributed by atoms with Crippen molar-refractivity contribution in [3.8, 4) is 28.3 Å². The van der Waals surface area contributed by atoms with Crippen molar-refractivity contribution in [1.29, 1.82) is 0 Å². The fourth-order valence-corrected chi connectivity index (χ4v) is 4.44. The molecule has 4 aromatic rings. The number of aromatic nitrogens is 3. The van der Waals surface area contributed by atoms with Gasteiger partial charge in [-0.25, -0.2) is 9.97 Å². The van der Waals surface area contributed by atoms with E-state index in [1.165, 1.54) is 4.57 Å². The van der Waals surface area contributed by atoms with E-state index < -0.39 is 0 Å². The third-order valence-electron chi connectivity index (χ3n) is 5.68. The van der Waals surface area contributed by atoms with E-state index in [2.05, 4.69) is 15.2 Å². The van der Waals surface area contributed by atoms with Gasteiger partial charge < -0.3 is 15.0 Å². The van der Waals surface area contributed by atoms with Crippen LogP contribution in [0.3, 0.4) is 0 Å². The van der Waals surface area contributed by atoms with Crippen LogP contribution in [0.5, 0.6) is 5.75 Å². The molecule has 0 atom stereocenters. The first-order chi connectivity index (χ1) is 17.6. The zero-order chi connectivity index (χ0) is 26.7. The van der Waals surface area contributed by atoms with E-state index in [0.717, 1.165) is 23.2 Å². The molecule has 1 N–H and O–H groups in total. The summed E-state index contributed by atoms with van der Waals surface area (Å²) in [5.74, 6) is 0.670. The largest absolute Gasteiger partial charge is 0.497 e. The molecule has 2 heterocycles. The van der Waals surface area contributed by atoms with Gasteiger partial charge in [0.25, 0.3) is 5.56 Å². The Kier molecular flexibility index (Phi) is 7.90. The molecule has 0 spiro atoms. The van der Waals surface area contributed by atoms with Crippen molar-refractivity contribution in [3.05, 3.63) is 75.7 Å². The number of rotatable bonds is 8. The molecular formula is C28H30ClN5O3. The first kappa shape index (κ1) is 26.3. The number of ether oxygens (including phenoxy) is 1. The standard InChI is InChI=1S/C28H30ClN5O3/c1-17(2)31-25(35)16-34-27(19-7-6-8-23(12-19)37-5)32-26-24(28(34)36)13-21(14-30-26)20-9-18(15-33(3)4)10-22(29)11-20/h6-14,17H,15-16H2,1-5H3,(H,31,35). The van der Waals surface area contributed by atoms with Crippen molar-refractivity contribution >= 4 is 28.5 Å². The first-order valence-electron chi connectivity index (χ1n) is 11.9. The van der Waals surface area contributed by atoms with Crippen LogP contribution in [0, 0.1) is 0 Å². The number of fused-ring (bicyclic) bond motifs is 1. The number of nitrogens with one attached hydrogen (secondary N) is 1. The van der Waals surface area contributed by atoms with E-state index in [-0.39, 0.29) is 24.1 Å². The van der Waals surface area contributed by atoms with Gasteiger partial charge >= 0.3 is 0 Å². The second-order valence-electron chi connectivity index (χ2n) is 9.46. The Morgan fingerprint density at radius 2 is 1.89 bits per heavy atom. The van der Waals surface area contributed by atoms with Crippen LogP contribution in [0.25, 0.3) is 33.5 Å². The monoisotopic (exact) mass is 519 g/mol. The lowest BCUT2D eigenvalue weighted by atomic mass is 10.0. The summed E-state index contributed by atoms with van der Waals surface area (Å²) in [5, 5.41) is 3.76. The van der Waals surface area contributed by atoms with Gasteiger partial charge in [0.2, 0.25) is 5.91 Å². The molecule has 0 aliphatic carbocycles.